The van der Waals surface area contributed by atoms with Crippen LogP contribution in [0.2, 0.25) is 0 Å². The second kappa shape index (κ2) is 8.53. The van der Waals surface area contributed by atoms with Gasteiger partial charge >= 0.3 is 0 Å². The van der Waals surface area contributed by atoms with Gasteiger partial charge in [0, 0.05) is 29.4 Å². The topological polar surface area (TPSA) is 210 Å². The molecule has 6 N–H and O–H groups in total. The summed E-state index contributed by atoms with van der Waals surface area (Å²) in [5, 5.41) is 5.35. The Kier molecular flexibility index (Phi) is 5.92. The quantitative estimate of drug-likeness (QED) is 0.186. The van der Waals surface area contributed by atoms with Crippen molar-refractivity contribution in [1.82, 2.24) is 0 Å². The normalized spacial score (nSPS) is 13.1. The highest BCUT2D eigenvalue weighted by Crippen LogP contribution is 2.40. The van der Waals surface area contributed by atoms with Crippen LogP contribution in [-0.2, 0) is 25.0 Å². The van der Waals surface area contributed by atoms with E-state index in [4.69, 9.17) is 5.73 Å². The summed E-state index contributed by atoms with van der Waals surface area (Å²) in [6.45, 7) is 1.32. The van der Waals surface area contributed by atoms with Crippen LogP contribution in [0.15, 0.2) is 58.3 Å². The monoisotopic (exact) mass is 531 g/mol. The Bertz CT molecular complexity index is 1700. The molecule has 0 bridgehead atoms. The lowest BCUT2D eigenvalue weighted by Gasteiger charge is -2.24. The number of nitrogens with one attached hydrogen (secondary N) is 2. The van der Waals surface area contributed by atoms with E-state index in [9.17, 15) is 40.3 Å². The van der Waals surface area contributed by atoms with Crippen LogP contribution in [0.25, 0.3) is 0 Å². The number of anilines is 4. The predicted molar refractivity (Wildman–Crippen MR) is 128 cm³/mol. The Morgan fingerprint density at radius 3 is 1.94 bits per heavy atom. The van der Waals surface area contributed by atoms with Gasteiger partial charge in [0.25, 0.3) is 20.2 Å². The van der Waals surface area contributed by atoms with Crippen LogP contribution in [0.4, 0.5) is 22.7 Å². The summed E-state index contributed by atoms with van der Waals surface area (Å²) >= 11 is 0. The van der Waals surface area contributed by atoms with E-state index in [2.05, 4.69) is 10.6 Å². The van der Waals surface area contributed by atoms with E-state index in [0.717, 1.165) is 24.3 Å². The van der Waals surface area contributed by atoms with E-state index in [0.29, 0.717) is 11.4 Å². The Morgan fingerprint density at radius 1 is 0.806 bits per heavy atom. The average molecular weight is 532 g/mol. The van der Waals surface area contributed by atoms with E-state index in [1.54, 1.807) is 0 Å². The highest BCUT2D eigenvalue weighted by molar-refractivity contribution is 7.86. The summed E-state index contributed by atoms with van der Waals surface area (Å²) in [5.74, 6) is -2.09. The molecule has 0 heterocycles. The second-order valence-electron chi connectivity index (χ2n) is 7.79. The molecule has 0 fully saturated rings. The van der Waals surface area contributed by atoms with Crippen molar-refractivity contribution in [1.29, 1.82) is 0 Å². The number of ketones is 2. The number of nitrogen functional groups attached to an aromatic ring is 1. The first-order chi connectivity index (χ1) is 16.7. The Labute approximate surface area is 204 Å². The number of carbonyl (C=O) groups excluding carboxylic acids is 3. The van der Waals surface area contributed by atoms with Crippen LogP contribution in [0.5, 0.6) is 0 Å². The lowest BCUT2D eigenvalue weighted by molar-refractivity contribution is -0.114. The van der Waals surface area contributed by atoms with Crippen LogP contribution in [0.1, 0.15) is 38.8 Å². The van der Waals surface area contributed by atoms with Crippen molar-refractivity contribution in [3.05, 3.63) is 70.8 Å². The number of fused-ring (bicyclic) bond motifs is 2. The Morgan fingerprint density at radius 2 is 1.39 bits per heavy atom. The summed E-state index contributed by atoms with van der Waals surface area (Å²) < 4.78 is 66.2. The van der Waals surface area contributed by atoms with Crippen LogP contribution < -0.4 is 16.4 Å². The molecule has 4 rings (SSSR count). The maximum atomic E-state index is 13.4. The Hall–Kier alpha value is -4.11. The van der Waals surface area contributed by atoms with Gasteiger partial charge < -0.3 is 16.4 Å². The van der Waals surface area contributed by atoms with Crippen LogP contribution in [0.3, 0.4) is 0 Å². The van der Waals surface area contributed by atoms with Gasteiger partial charge in [0.1, 0.15) is 4.90 Å². The maximum Gasteiger partial charge on any atom is 0.296 e. The molecule has 0 aliphatic heterocycles. The summed E-state index contributed by atoms with van der Waals surface area (Å²) in [7, 11) is -9.64. The predicted octanol–water partition coefficient (Wildman–Crippen LogP) is 2.24. The standard InChI is InChI=1S/C22H17N3O9S2/c1-10(26)24-11-2-4-12(5-3-11)25-16-9-17(36(32,33)34)20(23)19-18(16)22(28)15-8-13(35(29,30)31)6-7-14(15)21(19)27/h2-9,25H,23H2,1H3,(H,24,26)(H,29,30,31)(H,32,33,34). The SMILES string of the molecule is CC(=O)Nc1ccc(Nc2cc(S(=O)(=O)O)c(N)c3c2C(=O)c2cc(S(=O)(=O)O)ccc2C3=O)cc1. The van der Waals surface area contributed by atoms with Crippen LogP contribution in [0, 0.1) is 0 Å². The number of hydrogen-bond acceptors (Lipinski definition) is 9. The van der Waals surface area contributed by atoms with E-state index in [-0.39, 0.29) is 28.3 Å². The third-order valence-corrected chi connectivity index (χ3v) is 7.07. The van der Waals surface area contributed by atoms with Gasteiger partial charge in [0.2, 0.25) is 5.91 Å². The number of carbonyl (C=O) groups is 3. The van der Waals surface area contributed by atoms with Gasteiger partial charge in [-0.15, -0.1) is 0 Å². The van der Waals surface area contributed by atoms with E-state index < -0.39 is 52.8 Å². The van der Waals surface area contributed by atoms with Gasteiger partial charge in [-0.05, 0) is 48.5 Å². The molecule has 1 aliphatic rings. The molecule has 3 aromatic rings. The Balaban J connectivity index is 1.93. The largest absolute Gasteiger partial charge is 0.397 e. The molecule has 0 saturated carbocycles. The molecule has 0 spiro atoms. The summed E-state index contributed by atoms with van der Waals surface area (Å²) in [5.41, 5.74) is 4.28. The smallest absolute Gasteiger partial charge is 0.296 e. The van der Waals surface area contributed by atoms with Gasteiger partial charge in [-0.25, -0.2) is 0 Å². The average Bonchev–Trinajstić information content (AvgIpc) is 2.77. The van der Waals surface area contributed by atoms with Gasteiger partial charge in [0.05, 0.1) is 27.4 Å². The van der Waals surface area contributed by atoms with E-state index in [1.807, 2.05) is 0 Å². The highest BCUT2D eigenvalue weighted by Gasteiger charge is 2.37. The maximum absolute atomic E-state index is 13.4. The zero-order valence-electron chi connectivity index (χ0n) is 18.3. The fourth-order valence-corrected chi connectivity index (χ4v) is 4.95. The van der Waals surface area contributed by atoms with Crippen molar-refractivity contribution in [2.24, 2.45) is 0 Å². The number of nitrogens with two attached hydrogens (primary N) is 1. The van der Waals surface area contributed by atoms with Gasteiger partial charge in [0.15, 0.2) is 11.6 Å². The lowest BCUT2D eigenvalue weighted by atomic mass is 9.82. The van der Waals surface area contributed by atoms with E-state index in [1.165, 1.54) is 31.2 Å². The zero-order chi connectivity index (χ0) is 26.6. The van der Waals surface area contributed by atoms with E-state index >= 15 is 0 Å². The first-order valence-corrected chi connectivity index (χ1v) is 12.9. The second-order valence-corrected chi connectivity index (χ2v) is 10.6. The van der Waals surface area contributed by atoms with Crippen LogP contribution >= 0.6 is 0 Å². The van der Waals surface area contributed by atoms with Crippen molar-refractivity contribution in [3.8, 4) is 0 Å². The van der Waals surface area contributed by atoms with Crippen molar-refractivity contribution in [2.75, 3.05) is 16.4 Å². The minimum atomic E-state index is -4.93. The first kappa shape index (κ1) is 25.0. The fourth-order valence-electron chi connectivity index (χ4n) is 3.79. The number of hydrogen-bond donors (Lipinski definition) is 5. The zero-order valence-corrected chi connectivity index (χ0v) is 19.9. The molecular weight excluding hydrogens is 514 g/mol. The lowest BCUT2D eigenvalue weighted by Crippen LogP contribution is -2.25. The summed E-state index contributed by atoms with van der Waals surface area (Å²) in [6.07, 6.45) is 0. The molecule has 1 amide bonds. The summed E-state index contributed by atoms with van der Waals surface area (Å²) in [4.78, 5) is 36.5. The molecule has 0 atom stereocenters. The highest BCUT2D eigenvalue weighted by atomic mass is 32.2. The van der Waals surface area contributed by atoms with Crippen LogP contribution in [-0.4, -0.2) is 43.4 Å². The first-order valence-electron chi connectivity index (χ1n) is 9.98. The molecule has 1 aliphatic carbocycles. The molecule has 12 nitrogen and oxygen atoms in total. The van der Waals surface area contributed by atoms with Crippen molar-refractivity contribution in [3.63, 3.8) is 0 Å². The third-order valence-electron chi connectivity index (χ3n) is 5.32. The van der Waals surface area contributed by atoms with Crippen molar-refractivity contribution in [2.45, 2.75) is 16.7 Å². The molecule has 3 aromatic carbocycles. The molecule has 14 heteroatoms. The molecule has 0 unspecified atom stereocenters. The molecule has 0 saturated heterocycles. The number of amides is 1. The fraction of sp³-hybridized carbons (Fsp3) is 0.0455. The minimum absolute atomic E-state index is 0.222. The molecular formula is C22H17N3O9S2. The van der Waals surface area contributed by atoms with Crippen molar-refractivity contribution < 1.29 is 40.3 Å². The summed E-state index contributed by atoms with van der Waals surface area (Å²) in [6, 6.07) is 9.59. The number of benzene rings is 3. The molecule has 186 valence electrons. The number of rotatable bonds is 5. The molecule has 36 heavy (non-hydrogen) atoms. The van der Waals surface area contributed by atoms with Gasteiger partial charge in [-0.3, -0.25) is 23.5 Å². The molecule has 0 radical (unpaired) electrons. The molecule has 0 aromatic heterocycles. The van der Waals surface area contributed by atoms with Gasteiger partial charge in [-0.1, -0.05) is 0 Å². The van der Waals surface area contributed by atoms with Crippen molar-refractivity contribution >= 4 is 60.5 Å². The van der Waals surface area contributed by atoms with Gasteiger partial charge in [-0.2, -0.15) is 16.8 Å². The minimum Gasteiger partial charge on any atom is -0.397 e. The third kappa shape index (κ3) is 4.45.